The van der Waals surface area contributed by atoms with Gasteiger partial charge < -0.3 is 16.0 Å². The van der Waals surface area contributed by atoms with Crippen molar-refractivity contribution in [2.75, 3.05) is 11.9 Å². The van der Waals surface area contributed by atoms with Crippen LogP contribution in [0, 0.1) is 0 Å². The fourth-order valence-electron chi connectivity index (χ4n) is 3.95. The Morgan fingerprint density at radius 2 is 1.97 bits per heavy atom. The lowest BCUT2D eigenvalue weighted by Gasteiger charge is -2.22. The molecule has 0 saturated carbocycles. The van der Waals surface area contributed by atoms with E-state index >= 15 is 0 Å². The van der Waals surface area contributed by atoms with E-state index in [1.807, 2.05) is 48.5 Å². The monoisotopic (exact) mass is 446 g/mol. The third kappa shape index (κ3) is 5.25. The van der Waals surface area contributed by atoms with Gasteiger partial charge in [0.1, 0.15) is 11.9 Å². The van der Waals surface area contributed by atoms with Crippen LogP contribution in [-0.4, -0.2) is 46.0 Å². The first kappa shape index (κ1) is 22.2. The number of hydrogen-bond donors (Lipinski definition) is 3. The summed E-state index contributed by atoms with van der Waals surface area (Å²) in [5, 5.41) is 9.60. The van der Waals surface area contributed by atoms with E-state index in [0.29, 0.717) is 31.5 Å². The molecule has 3 aromatic rings. The topological polar surface area (TPSA) is 134 Å². The van der Waals surface area contributed by atoms with Crippen molar-refractivity contribution in [1.29, 1.82) is 0 Å². The van der Waals surface area contributed by atoms with Crippen LogP contribution in [0.5, 0.6) is 0 Å². The fourth-order valence-corrected chi connectivity index (χ4v) is 3.95. The summed E-state index contributed by atoms with van der Waals surface area (Å²) in [4.78, 5) is 42.8. The zero-order valence-corrected chi connectivity index (χ0v) is 18.4. The van der Waals surface area contributed by atoms with Crippen molar-refractivity contribution in [2.45, 2.75) is 38.1 Å². The molecule has 170 valence electrons. The standard InChI is InChI=1S/C24H26N6O3/c1-30-19-13-16(8-12-20(25)31)7-9-17(19)10-11-18(24(30)33)26-23(32)22-27-21(28-29-22)14-15-5-3-2-4-6-15/h2-7,9,13,18H,8,10-12,14H2,1H3,(H2,25,31)(H,26,32)(H,27,28,29)/t18-/m0/s1. The first-order valence-electron chi connectivity index (χ1n) is 10.8. The van der Waals surface area contributed by atoms with E-state index in [0.717, 1.165) is 22.4 Å². The van der Waals surface area contributed by atoms with Gasteiger partial charge in [0.2, 0.25) is 17.6 Å². The molecule has 0 bridgehead atoms. The molecule has 9 heteroatoms. The lowest BCUT2D eigenvalue weighted by molar-refractivity contribution is -0.120. The number of fused-ring (bicyclic) bond motifs is 1. The first-order valence-corrected chi connectivity index (χ1v) is 10.8. The molecule has 0 saturated heterocycles. The predicted molar refractivity (Wildman–Crippen MR) is 123 cm³/mol. The molecule has 1 atom stereocenters. The summed E-state index contributed by atoms with van der Waals surface area (Å²) in [6.45, 7) is 0. The number of primary amides is 1. The van der Waals surface area contributed by atoms with Crippen molar-refractivity contribution in [3.8, 4) is 0 Å². The molecule has 0 aliphatic carbocycles. The van der Waals surface area contributed by atoms with Gasteiger partial charge in [-0.2, -0.15) is 0 Å². The Balaban J connectivity index is 1.43. The summed E-state index contributed by atoms with van der Waals surface area (Å²) in [7, 11) is 1.69. The van der Waals surface area contributed by atoms with Gasteiger partial charge in [0, 0.05) is 25.6 Å². The van der Waals surface area contributed by atoms with E-state index in [-0.39, 0.29) is 24.1 Å². The molecule has 0 fully saturated rings. The zero-order chi connectivity index (χ0) is 23.4. The van der Waals surface area contributed by atoms with E-state index in [4.69, 9.17) is 5.73 Å². The van der Waals surface area contributed by atoms with Crippen molar-refractivity contribution in [2.24, 2.45) is 5.73 Å². The maximum absolute atomic E-state index is 13.1. The van der Waals surface area contributed by atoms with Gasteiger partial charge in [-0.05, 0) is 42.0 Å². The van der Waals surface area contributed by atoms with Gasteiger partial charge in [-0.3, -0.25) is 19.5 Å². The largest absolute Gasteiger partial charge is 0.370 e. The molecule has 0 unspecified atom stereocenters. The summed E-state index contributed by atoms with van der Waals surface area (Å²) in [6, 6.07) is 14.9. The molecular formula is C24H26N6O3. The molecule has 4 N–H and O–H groups in total. The van der Waals surface area contributed by atoms with E-state index in [9.17, 15) is 14.4 Å². The van der Waals surface area contributed by atoms with Crippen LogP contribution < -0.4 is 16.0 Å². The van der Waals surface area contributed by atoms with Gasteiger partial charge in [-0.25, -0.2) is 4.98 Å². The molecule has 0 spiro atoms. The quantitative estimate of drug-likeness (QED) is 0.506. The van der Waals surface area contributed by atoms with Gasteiger partial charge in [0.15, 0.2) is 0 Å². The number of anilines is 1. The lowest BCUT2D eigenvalue weighted by atomic mass is 10.0. The van der Waals surface area contributed by atoms with Crippen molar-refractivity contribution in [1.82, 2.24) is 20.5 Å². The Morgan fingerprint density at radius 1 is 1.18 bits per heavy atom. The van der Waals surface area contributed by atoms with Crippen LogP contribution in [0.1, 0.15) is 46.0 Å². The van der Waals surface area contributed by atoms with Crippen molar-refractivity contribution < 1.29 is 14.4 Å². The van der Waals surface area contributed by atoms with Crippen LogP contribution in [0.25, 0.3) is 0 Å². The third-order valence-electron chi connectivity index (χ3n) is 5.76. The van der Waals surface area contributed by atoms with E-state index in [1.165, 1.54) is 0 Å². The Hall–Kier alpha value is -4.01. The number of amides is 3. The highest BCUT2D eigenvalue weighted by Crippen LogP contribution is 2.28. The third-order valence-corrected chi connectivity index (χ3v) is 5.76. The molecule has 3 amide bonds. The molecule has 2 aromatic carbocycles. The Kier molecular flexibility index (Phi) is 6.48. The van der Waals surface area contributed by atoms with Gasteiger partial charge in [-0.15, -0.1) is 5.10 Å². The van der Waals surface area contributed by atoms with Gasteiger partial charge in [0.05, 0.1) is 0 Å². The number of H-pyrrole nitrogens is 1. The average molecular weight is 447 g/mol. The molecule has 1 aromatic heterocycles. The second-order valence-electron chi connectivity index (χ2n) is 8.16. The summed E-state index contributed by atoms with van der Waals surface area (Å²) in [5.41, 5.74) is 9.02. The van der Waals surface area contributed by atoms with E-state index < -0.39 is 11.9 Å². The number of rotatable bonds is 7. The second-order valence-corrected chi connectivity index (χ2v) is 8.16. The van der Waals surface area contributed by atoms with Crippen LogP contribution in [-0.2, 0) is 28.9 Å². The molecule has 2 heterocycles. The Labute approximate surface area is 191 Å². The zero-order valence-electron chi connectivity index (χ0n) is 18.4. The maximum atomic E-state index is 13.1. The highest BCUT2D eigenvalue weighted by molar-refractivity contribution is 6.02. The second kappa shape index (κ2) is 9.64. The van der Waals surface area contributed by atoms with Gasteiger partial charge >= 0.3 is 0 Å². The number of carbonyl (C=O) groups is 3. The van der Waals surface area contributed by atoms with Crippen molar-refractivity contribution >= 4 is 23.4 Å². The SMILES string of the molecule is CN1C(=O)[C@@H](NC(=O)c2n[nH]c(Cc3ccccc3)n2)CCc2ccc(CCC(N)=O)cc21. The molecule has 1 aliphatic heterocycles. The molecule has 33 heavy (non-hydrogen) atoms. The molecular weight excluding hydrogens is 420 g/mol. The minimum atomic E-state index is -0.694. The summed E-state index contributed by atoms with van der Waals surface area (Å²) in [6.07, 6.45) is 2.38. The van der Waals surface area contributed by atoms with E-state index in [1.54, 1.807) is 11.9 Å². The number of aryl methyl sites for hydroxylation is 2. The number of aromatic amines is 1. The smallest absolute Gasteiger partial charge is 0.291 e. The first-order chi connectivity index (χ1) is 15.9. The summed E-state index contributed by atoms with van der Waals surface area (Å²) >= 11 is 0. The van der Waals surface area contributed by atoms with E-state index in [2.05, 4.69) is 20.5 Å². The number of aromatic nitrogens is 3. The predicted octanol–water partition coefficient (Wildman–Crippen LogP) is 1.52. The average Bonchev–Trinajstić information content (AvgIpc) is 3.24. The normalized spacial score (nSPS) is 15.6. The number of hydrogen-bond acceptors (Lipinski definition) is 5. The molecule has 9 nitrogen and oxygen atoms in total. The van der Waals surface area contributed by atoms with Crippen LogP contribution in [0.2, 0.25) is 0 Å². The number of likely N-dealkylation sites (N-methyl/N-ethyl adjacent to an activating group) is 1. The molecule has 4 rings (SSSR count). The van der Waals surface area contributed by atoms with Crippen LogP contribution >= 0.6 is 0 Å². The highest BCUT2D eigenvalue weighted by atomic mass is 16.2. The fraction of sp³-hybridized carbons (Fsp3) is 0.292. The Bertz CT molecular complexity index is 1170. The summed E-state index contributed by atoms with van der Waals surface area (Å²) < 4.78 is 0. The molecule has 0 radical (unpaired) electrons. The minimum Gasteiger partial charge on any atom is -0.370 e. The molecule has 1 aliphatic rings. The number of nitrogens with two attached hydrogens (primary N) is 1. The summed E-state index contributed by atoms with van der Waals surface area (Å²) in [5.74, 6) is -0.492. The highest BCUT2D eigenvalue weighted by Gasteiger charge is 2.30. The minimum absolute atomic E-state index is 0.00637. The maximum Gasteiger partial charge on any atom is 0.291 e. The van der Waals surface area contributed by atoms with Gasteiger partial charge in [-0.1, -0.05) is 42.5 Å². The van der Waals surface area contributed by atoms with Crippen LogP contribution in [0.15, 0.2) is 48.5 Å². The number of nitrogens with one attached hydrogen (secondary N) is 2. The lowest BCUT2D eigenvalue weighted by Crippen LogP contribution is -2.47. The van der Waals surface area contributed by atoms with Crippen molar-refractivity contribution in [3.05, 3.63) is 76.9 Å². The van der Waals surface area contributed by atoms with Crippen LogP contribution in [0.3, 0.4) is 0 Å². The van der Waals surface area contributed by atoms with Gasteiger partial charge in [0.25, 0.3) is 5.91 Å². The number of nitrogens with zero attached hydrogens (tertiary/aromatic N) is 3. The number of carbonyl (C=O) groups excluding carboxylic acids is 3. The van der Waals surface area contributed by atoms with Crippen LogP contribution in [0.4, 0.5) is 5.69 Å². The van der Waals surface area contributed by atoms with Crippen molar-refractivity contribution in [3.63, 3.8) is 0 Å². The Morgan fingerprint density at radius 3 is 2.73 bits per heavy atom. The number of benzene rings is 2.